The van der Waals surface area contributed by atoms with Gasteiger partial charge in [-0.05, 0) is 11.6 Å². The molecule has 21 heavy (non-hydrogen) atoms. The second-order valence-electron chi connectivity index (χ2n) is 4.59. The highest BCUT2D eigenvalue weighted by atomic mass is 35.5. The van der Waals surface area contributed by atoms with Crippen LogP contribution in [0.25, 0.3) is 0 Å². The Balaban J connectivity index is 1.86. The Morgan fingerprint density at radius 2 is 1.86 bits per heavy atom. The highest BCUT2D eigenvalue weighted by molar-refractivity contribution is 6.31. The number of aliphatic hydroxyl groups excluding tert-OH is 1. The minimum Gasteiger partial charge on any atom is -0.387 e. The fraction of sp³-hybridized carbons (Fsp3) is 0.200. The number of halogens is 1. The number of aliphatic hydroxyl groups is 1. The Hall–Kier alpha value is -1.95. The highest BCUT2D eigenvalue weighted by Gasteiger charge is 2.10. The van der Waals surface area contributed by atoms with Gasteiger partial charge in [0.1, 0.15) is 0 Å². The molecular formula is C15H15ClN2O3. The number of nitrogens with one attached hydrogen (secondary N) is 1. The zero-order chi connectivity index (χ0) is 15.2. The van der Waals surface area contributed by atoms with Crippen LogP contribution in [-0.4, -0.2) is 16.6 Å². The largest absolute Gasteiger partial charge is 0.387 e. The molecule has 2 aromatic carbocycles. The Kier molecular flexibility index (Phi) is 5.27. The van der Waals surface area contributed by atoms with Gasteiger partial charge < -0.3 is 10.4 Å². The van der Waals surface area contributed by atoms with Crippen LogP contribution in [0.2, 0.25) is 5.02 Å². The molecule has 0 fully saturated rings. The fourth-order valence-corrected chi connectivity index (χ4v) is 2.21. The third kappa shape index (κ3) is 4.26. The normalized spacial score (nSPS) is 12.1. The van der Waals surface area contributed by atoms with Gasteiger partial charge in [-0.1, -0.05) is 41.9 Å². The van der Waals surface area contributed by atoms with Crippen molar-refractivity contribution in [2.75, 3.05) is 6.54 Å². The van der Waals surface area contributed by atoms with Gasteiger partial charge in [0.15, 0.2) is 0 Å². The third-order valence-electron chi connectivity index (χ3n) is 3.08. The number of nitro benzene ring substituents is 1. The van der Waals surface area contributed by atoms with Crippen LogP contribution in [0.4, 0.5) is 5.69 Å². The van der Waals surface area contributed by atoms with E-state index in [0.29, 0.717) is 23.7 Å². The summed E-state index contributed by atoms with van der Waals surface area (Å²) in [6.07, 6.45) is -0.697. The summed E-state index contributed by atoms with van der Waals surface area (Å²) in [5, 5.41) is 24.2. The molecule has 0 aliphatic carbocycles. The minimum atomic E-state index is -0.697. The highest BCUT2D eigenvalue weighted by Crippen LogP contribution is 2.22. The molecule has 0 spiro atoms. The molecule has 0 amide bonds. The van der Waals surface area contributed by atoms with Crippen molar-refractivity contribution in [2.24, 2.45) is 0 Å². The molecule has 0 aliphatic heterocycles. The third-order valence-corrected chi connectivity index (χ3v) is 3.42. The molecule has 110 valence electrons. The lowest BCUT2D eigenvalue weighted by atomic mass is 10.1. The van der Waals surface area contributed by atoms with Crippen molar-refractivity contribution in [3.05, 3.63) is 74.8 Å². The van der Waals surface area contributed by atoms with E-state index in [0.717, 1.165) is 5.56 Å². The molecule has 6 heteroatoms. The zero-order valence-electron chi connectivity index (χ0n) is 11.2. The summed E-state index contributed by atoms with van der Waals surface area (Å²) in [7, 11) is 0. The van der Waals surface area contributed by atoms with Crippen LogP contribution in [0.1, 0.15) is 17.2 Å². The average Bonchev–Trinajstić information content (AvgIpc) is 2.48. The molecule has 1 atom stereocenters. The van der Waals surface area contributed by atoms with Crippen LogP contribution in [0.15, 0.2) is 48.5 Å². The molecule has 0 saturated carbocycles. The topological polar surface area (TPSA) is 75.4 Å². The summed E-state index contributed by atoms with van der Waals surface area (Å²) >= 11 is 6.01. The molecular weight excluding hydrogens is 292 g/mol. The Morgan fingerprint density at radius 3 is 2.48 bits per heavy atom. The van der Waals surface area contributed by atoms with Crippen molar-refractivity contribution in [1.82, 2.24) is 5.32 Å². The molecule has 0 heterocycles. The Morgan fingerprint density at radius 1 is 1.19 bits per heavy atom. The van der Waals surface area contributed by atoms with Crippen molar-refractivity contribution >= 4 is 17.3 Å². The van der Waals surface area contributed by atoms with E-state index in [1.807, 2.05) is 12.1 Å². The van der Waals surface area contributed by atoms with Crippen molar-refractivity contribution in [1.29, 1.82) is 0 Å². The van der Waals surface area contributed by atoms with Gasteiger partial charge >= 0.3 is 0 Å². The van der Waals surface area contributed by atoms with Crippen molar-refractivity contribution in [2.45, 2.75) is 12.6 Å². The lowest BCUT2D eigenvalue weighted by Crippen LogP contribution is -2.21. The van der Waals surface area contributed by atoms with E-state index in [4.69, 9.17) is 11.6 Å². The number of nitro groups is 1. The van der Waals surface area contributed by atoms with Gasteiger partial charge in [0, 0.05) is 35.8 Å². The molecule has 2 rings (SSSR count). The van der Waals surface area contributed by atoms with E-state index in [2.05, 4.69) is 5.32 Å². The molecule has 0 saturated heterocycles. The van der Waals surface area contributed by atoms with Gasteiger partial charge in [-0.25, -0.2) is 0 Å². The van der Waals surface area contributed by atoms with E-state index in [-0.39, 0.29) is 5.69 Å². The van der Waals surface area contributed by atoms with Gasteiger partial charge in [-0.2, -0.15) is 0 Å². The standard InChI is InChI=1S/C15H15ClN2O3/c16-14-4-2-1-3-13(14)15(19)10-17-9-11-5-7-12(8-6-11)18(20)21/h1-8,15,17,19H,9-10H2. The summed E-state index contributed by atoms with van der Waals surface area (Å²) in [6.45, 7) is 0.861. The maximum Gasteiger partial charge on any atom is 0.269 e. The van der Waals surface area contributed by atoms with Gasteiger partial charge in [-0.15, -0.1) is 0 Å². The molecule has 0 aromatic heterocycles. The van der Waals surface area contributed by atoms with Gasteiger partial charge in [0.25, 0.3) is 5.69 Å². The predicted octanol–water partition coefficient (Wildman–Crippen LogP) is 3.07. The summed E-state index contributed by atoms with van der Waals surface area (Å²) in [5.41, 5.74) is 1.65. The van der Waals surface area contributed by atoms with E-state index >= 15 is 0 Å². The quantitative estimate of drug-likeness (QED) is 0.635. The maximum absolute atomic E-state index is 10.5. The molecule has 1 unspecified atom stereocenters. The first-order valence-corrected chi connectivity index (χ1v) is 6.82. The van der Waals surface area contributed by atoms with Crippen LogP contribution in [0.5, 0.6) is 0 Å². The van der Waals surface area contributed by atoms with Crippen LogP contribution >= 0.6 is 11.6 Å². The van der Waals surface area contributed by atoms with Crippen LogP contribution in [-0.2, 0) is 6.54 Å². The van der Waals surface area contributed by atoms with E-state index in [1.54, 1.807) is 24.3 Å². The number of benzene rings is 2. The number of hydrogen-bond donors (Lipinski definition) is 2. The smallest absolute Gasteiger partial charge is 0.269 e. The van der Waals surface area contributed by atoms with Crippen molar-refractivity contribution in [3.8, 4) is 0 Å². The van der Waals surface area contributed by atoms with Crippen LogP contribution < -0.4 is 5.32 Å². The monoisotopic (exact) mass is 306 g/mol. The van der Waals surface area contributed by atoms with E-state index in [9.17, 15) is 15.2 Å². The van der Waals surface area contributed by atoms with Crippen LogP contribution in [0, 0.1) is 10.1 Å². The number of non-ortho nitro benzene ring substituents is 1. The molecule has 2 N–H and O–H groups in total. The molecule has 2 aromatic rings. The number of hydrogen-bond acceptors (Lipinski definition) is 4. The number of nitrogens with zero attached hydrogens (tertiary/aromatic N) is 1. The van der Waals surface area contributed by atoms with E-state index < -0.39 is 11.0 Å². The van der Waals surface area contributed by atoms with Crippen molar-refractivity contribution in [3.63, 3.8) is 0 Å². The molecule has 0 radical (unpaired) electrons. The van der Waals surface area contributed by atoms with Crippen molar-refractivity contribution < 1.29 is 10.0 Å². The molecule has 0 bridgehead atoms. The molecule has 5 nitrogen and oxygen atoms in total. The van der Waals surface area contributed by atoms with Gasteiger partial charge in [0.05, 0.1) is 11.0 Å². The lowest BCUT2D eigenvalue weighted by Gasteiger charge is -2.13. The summed E-state index contributed by atoms with van der Waals surface area (Å²) in [5.74, 6) is 0. The molecule has 0 aliphatic rings. The van der Waals surface area contributed by atoms with Crippen LogP contribution in [0.3, 0.4) is 0 Å². The first-order chi connectivity index (χ1) is 10.1. The first-order valence-electron chi connectivity index (χ1n) is 6.44. The predicted molar refractivity (Wildman–Crippen MR) is 81.2 cm³/mol. The fourth-order valence-electron chi connectivity index (χ4n) is 1.94. The Bertz CT molecular complexity index is 617. The summed E-state index contributed by atoms with van der Waals surface area (Å²) in [6, 6.07) is 13.4. The average molecular weight is 307 g/mol. The SMILES string of the molecule is O=[N+]([O-])c1ccc(CNCC(O)c2ccccc2Cl)cc1. The van der Waals surface area contributed by atoms with Gasteiger partial charge in [-0.3, -0.25) is 10.1 Å². The summed E-state index contributed by atoms with van der Waals surface area (Å²) in [4.78, 5) is 10.1. The Labute approximate surface area is 127 Å². The van der Waals surface area contributed by atoms with E-state index in [1.165, 1.54) is 12.1 Å². The number of rotatable bonds is 6. The lowest BCUT2D eigenvalue weighted by molar-refractivity contribution is -0.384. The van der Waals surface area contributed by atoms with Gasteiger partial charge in [0.2, 0.25) is 0 Å². The second-order valence-corrected chi connectivity index (χ2v) is 5.00. The zero-order valence-corrected chi connectivity index (χ0v) is 12.0. The first kappa shape index (κ1) is 15.4. The second kappa shape index (κ2) is 7.17. The summed E-state index contributed by atoms with van der Waals surface area (Å²) < 4.78 is 0. The minimum absolute atomic E-state index is 0.0647. The maximum atomic E-state index is 10.5.